The fourth-order valence-electron chi connectivity index (χ4n) is 1.94. The van der Waals surface area contributed by atoms with Crippen LogP contribution in [0.25, 0.3) is 6.08 Å². The highest BCUT2D eigenvalue weighted by molar-refractivity contribution is 9.10. The number of aromatic nitrogens is 3. The Kier molecular flexibility index (Phi) is 12.1. The molecule has 0 aliphatic carbocycles. The molecular weight excluding hydrogens is 458 g/mol. The molecule has 0 aromatic carbocycles. The van der Waals surface area contributed by atoms with Crippen molar-refractivity contribution in [1.29, 1.82) is 0 Å². The Bertz CT molecular complexity index is 935. The molecule has 0 N–H and O–H groups in total. The summed E-state index contributed by atoms with van der Waals surface area (Å²) >= 11 is 3.15. The molecule has 0 saturated heterocycles. The van der Waals surface area contributed by atoms with E-state index in [1.54, 1.807) is 37.5 Å². The van der Waals surface area contributed by atoms with Gasteiger partial charge in [-0.3, -0.25) is 24.4 Å². The van der Waals surface area contributed by atoms with Crippen molar-refractivity contribution < 1.29 is 14.4 Å². The molecule has 160 valence electrons. The van der Waals surface area contributed by atoms with Gasteiger partial charge >= 0.3 is 0 Å². The summed E-state index contributed by atoms with van der Waals surface area (Å²) in [5.74, 6) is 0.177. The number of carbonyl (C=O) groups excluding carboxylic acids is 3. The summed E-state index contributed by atoms with van der Waals surface area (Å²) in [7, 11) is 0. The maximum absolute atomic E-state index is 10.6. The van der Waals surface area contributed by atoms with Crippen LogP contribution in [0.15, 0.2) is 65.7 Å². The van der Waals surface area contributed by atoms with E-state index in [0.717, 1.165) is 34.1 Å². The topological polar surface area (TPSA) is 89.9 Å². The molecule has 3 aromatic heterocycles. The lowest BCUT2D eigenvalue weighted by Gasteiger charge is -1.93. The molecule has 0 aliphatic rings. The zero-order valence-electron chi connectivity index (χ0n) is 17.7. The van der Waals surface area contributed by atoms with Crippen molar-refractivity contribution in [1.82, 2.24) is 15.0 Å². The Morgan fingerprint density at radius 2 is 1.29 bits per heavy atom. The van der Waals surface area contributed by atoms with Crippen molar-refractivity contribution in [3.63, 3.8) is 0 Å². The van der Waals surface area contributed by atoms with Crippen LogP contribution >= 0.6 is 15.9 Å². The van der Waals surface area contributed by atoms with Gasteiger partial charge in [-0.2, -0.15) is 0 Å². The van der Waals surface area contributed by atoms with Gasteiger partial charge in [0.1, 0.15) is 10.4 Å². The monoisotopic (exact) mass is 481 g/mol. The fourth-order valence-corrected chi connectivity index (χ4v) is 2.18. The Balaban J connectivity index is 0.000000239. The summed E-state index contributed by atoms with van der Waals surface area (Å²) < 4.78 is 0.744. The van der Waals surface area contributed by atoms with E-state index in [1.807, 2.05) is 44.2 Å². The molecule has 3 aromatic rings. The van der Waals surface area contributed by atoms with Gasteiger partial charge in [0.2, 0.25) is 0 Å². The van der Waals surface area contributed by atoms with E-state index >= 15 is 0 Å². The summed E-state index contributed by atoms with van der Waals surface area (Å²) in [6.07, 6.45) is 10.7. The molecule has 6 nitrogen and oxygen atoms in total. The van der Waals surface area contributed by atoms with Gasteiger partial charge in [0.25, 0.3) is 0 Å². The molecule has 7 heteroatoms. The van der Waals surface area contributed by atoms with E-state index in [1.165, 1.54) is 6.20 Å². The summed E-state index contributed by atoms with van der Waals surface area (Å²) in [5.41, 5.74) is 4.19. The van der Waals surface area contributed by atoms with Crippen molar-refractivity contribution in [2.75, 3.05) is 0 Å². The third kappa shape index (κ3) is 12.1. The molecule has 0 bridgehead atoms. The van der Waals surface area contributed by atoms with Crippen LogP contribution in [0.3, 0.4) is 0 Å². The first kappa shape index (κ1) is 25.7. The van der Waals surface area contributed by atoms with Crippen molar-refractivity contribution >= 4 is 40.4 Å². The van der Waals surface area contributed by atoms with E-state index < -0.39 is 0 Å². The number of ketones is 1. The van der Waals surface area contributed by atoms with Crippen LogP contribution in [0.1, 0.15) is 51.0 Å². The van der Waals surface area contributed by atoms with Gasteiger partial charge in [0, 0.05) is 47.5 Å². The normalized spacial score (nSPS) is 9.68. The van der Waals surface area contributed by atoms with Gasteiger partial charge in [-0.05, 0) is 72.6 Å². The second-order valence-electron chi connectivity index (χ2n) is 6.42. The summed E-state index contributed by atoms with van der Waals surface area (Å²) in [4.78, 5) is 42.7. The van der Waals surface area contributed by atoms with Gasteiger partial charge in [0.05, 0.1) is 0 Å². The smallest absolute Gasteiger partial charge is 0.151 e. The van der Waals surface area contributed by atoms with Crippen LogP contribution in [0.5, 0.6) is 0 Å². The number of allylic oxidation sites excluding steroid dienone is 1. The van der Waals surface area contributed by atoms with Crippen molar-refractivity contribution in [3.05, 3.63) is 93.7 Å². The highest BCUT2D eigenvalue weighted by Crippen LogP contribution is 2.04. The number of halogens is 1. The first-order valence-electron chi connectivity index (χ1n) is 9.37. The van der Waals surface area contributed by atoms with Crippen LogP contribution < -0.4 is 0 Å². The van der Waals surface area contributed by atoms with Crippen LogP contribution in [-0.2, 0) is 4.79 Å². The molecule has 0 aliphatic heterocycles. The largest absolute Gasteiger partial charge is 0.300 e. The minimum absolute atomic E-state index is 0.177. The number of aldehydes is 2. The third-order valence-electron chi connectivity index (χ3n) is 3.61. The lowest BCUT2D eigenvalue weighted by atomic mass is 10.2. The SMILES string of the molecule is CC(=O)C/C=C/c1ccc(C)nc1.Cc1ccc(C=O)cn1.O=Cc1ccc(Br)nc1. The molecular formula is C24H24BrN3O3. The second-order valence-corrected chi connectivity index (χ2v) is 7.24. The van der Waals surface area contributed by atoms with Crippen LogP contribution in [0.4, 0.5) is 0 Å². The lowest BCUT2D eigenvalue weighted by Crippen LogP contribution is -1.84. The second kappa shape index (κ2) is 14.6. The van der Waals surface area contributed by atoms with E-state index in [0.29, 0.717) is 17.5 Å². The number of carbonyl (C=O) groups is 3. The zero-order chi connectivity index (χ0) is 23.1. The predicted octanol–water partition coefficient (Wildman–Crippen LogP) is 5.24. The summed E-state index contributed by atoms with van der Waals surface area (Å²) in [6, 6.07) is 10.9. The van der Waals surface area contributed by atoms with Crippen molar-refractivity contribution in [3.8, 4) is 0 Å². The maximum atomic E-state index is 10.6. The Morgan fingerprint density at radius 3 is 1.68 bits per heavy atom. The molecule has 0 amide bonds. The van der Waals surface area contributed by atoms with Crippen molar-refractivity contribution in [2.45, 2.75) is 27.2 Å². The van der Waals surface area contributed by atoms with Crippen LogP contribution in [-0.4, -0.2) is 33.3 Å². The van der Waals surface area contributed by atoms with Gasteiger partial charge < -0.3 is 0 Å². The zero-order valence-corrected chi connectivity index (χ0v) is 19.2. The van der Waals surface area contributed by atoms with Crippen LogP contribution in [0.2, 0.25) is 0 Å². The molecule has 0 atom stereocenters. The minimum Gasteiger partial charge on any atom is -0.300 e. The Labute approximate surface area is 190 Å². The van der Waals surface area contributed by atoms with Crippen LogP contribution in [0, 0.1) is 13.8 Å². The first-order valence-corrected chi connectivity index (χ1v) is 10.2. The maximum Gasteiger partial charge on any atom is 0.151 e. The highest BCUT2D eigenvalue weighted by atomic mass is 79.9. The summed E-state index contributed by atoms with van der Waals surface area (Å²) in [5, 5.41) is 0. The van der Waals surface area contributed by atoms with Crippen molar-refractivity contribution in [2.24, 2.45) is 0 Å². The van der Waals surface area contributed by atoms with Gasteiger partial charge in [-0.15, -0.1) is 0 Å². The summed E-state index contributed by atoms with van der Waals surface area (Å²) in [6.45, 7) is 5.41. The molecule has 3 rings (SSSR count). The third-order valence-corrected chi connectivity index (χ3v) is 4.08. The molecule has 0 fully saturated rings. The highest BCUT2D eigenvalue weighted by Gasteiger charge is 1.89. The Hall–Kier alpha value is -3.32. The lowest BCUT2D eigenvalue weighted by molar-refractivity contribution is -0.116. The number of aryl methyl sites for hydroxylation is 2. The molecule has 31 heavy (non-hydrogen) atoms. The van der Waals surface area contributed by atoms with Gasteiger partial charge in [-0.1, -0.05) is 18.2 Å². The van der Waals surface area contributed by atoms with E-state index in [2.05, 4.69) is 30.9 Å². The number of hydrogen-bond acceptors (Lipinski definition) is 6. The predicted molar refractivity (Wildman–Crippen MR) is 125 cm³/mol. The number of nitrogens with zero attached hydrogens (tertiary/aromatic N) is 3. The molecule has 0 radical (unpaired) electrons. The van der Waals surface area contributed by atoms with E-state index in [4.69, 9.17) is 0 Å². The van der Waals surface area contributed by atoms with Gasteiger partial charge in [0.15, 0.2) is 12.6 Å². The standard InChI is InChI=1S/C11H13NO.C7H7NO.C6H4BrNO/c1-9-6-7-11(8-12-9)5-3-4-10(2)13;1-6-2-3-7(5-9)4-8-6;7-6-2-1-5(4-9)3-8-6/h3,5-8H,4H2,1-2H3;2-5H,1H3;1-4H/b5-3+;;. The Morgan fingerprint density at radius 1 is 0.806 bits per heavy atom. The van der Waals surface area contributed by atoms with E-state index in [-0.39, 0.29) is 5.78 Å². The minimum atomic E-state index is 0.177. The average Bonchev–Trinajstić information content (AvgIpc) is 2.77. The quantitative estimate of drug-likeness (QED) is 0.365. The molecule has 0 saturated carbocycles. The number of Topliss-reactive ketones (excluding diaryl/α,β-unsaturated/α-hetero) is 1. The number of hydrogen-bond donors (Lipinski definition) is 0. The molecule has 0 spiro atoms. The fraction of sp³-hybridized carbons (Fsp3) is 0.167. The first-order chi connectivity index (χ1) is 14.8. The van der Waals surface area contributed by atoms with E-state index in [9.17, 15) is 14.4 Å². The molecule has 3 heterocycles. The molecule has 0 unspecified atom stereocenters. The van der Waals surface area contributed by atoms with Gasteiger partial charge in [-0.25, -0.2) is 4.98 Å². The number of rotatable bonds is 5. The average molecular weight is 482 g/mol. The number of pyridine rings is 3.